The lowest BCUT2D eigenvalue weighted by molar-refractivity contribution is -0.118. The number of hydrogen-bond acceptors (Lipinski definition) is 4. The molecular weight excluding hydrogens is 404 g/mol. The average molecular weight is 437 g/mol. The maximum absolute atomic E-state index is 13.4. The molecule has 0 bridgehead atoms. The van der Waals surface area contributed by atoms with E-state index < -0.39 is 11.2 Å². The van der Waals surface area contributed by atoms with Crippen LogP contribution in [0.4, 0.5) is 11.5 Å². The first-order valence-corrected chi connectivity index (χ1v) is 11.2. The van der Waals surface area contributed by atoms with Gasteiger partial charge in [-0.15, -0.1) is 0 Å². The Bertz CT molecular complexity index is 1210. The van der Waals surface area contributed by atoms with Crippen LogP contribution >= 0.6 is 0 Å². The summed E-state index contributed by atoms with van der Waals surface area (Å²) in [5.41, 5.74) is 6.03. The number of aromatic amines is 1. The third-order valence-corrected chi connectivity index (χ3v) is 5.62. The van der Waals surface area contributed by atoms with E-state index >= 15 is 0 Å². The molecular formula is C25H32N4O3. The normalized spacial score (nSPS) is 11.2. The highest BCUT2D eigenvalue weighted by molar-refractivity contribution is 5.97. The fraction of sp³-hybridized carbons (Fsp3) is 0.400. The highest BCUT2D eigenvalue weighted by atomic mass is 16.2. The Morgan fingerprint density at radius 3 is 2.53 bits per heavy atom. The molecule has 0 aliphatic carbocycles. The molecule has 0 unspecified atom stereocenters. The van der Waals surface area contributed by atoms with Gasteiger partial charge in [-0.3, -0.25) is 19.1 Å². The van der Waals surface area contributed by atoms with Gasteiger partial charge in [0.05, 0.1) is 6.42 Å². The molecule has 0 saturated carbocycles. The van der Waals surface area contributed by atoms with Gasteiger partial charge < -0.3 is 10.6 Å². The first-order chi connectivity index (χ1) is 15.3. The van der Waals surface area contributed by atoms with Crippen molar-refractivity contribution in [1.29, 1.82) is 0 Å². The summed E-state index contributed by atoms with van der Waals surface area (Å²) in [5.74, 6) is 0.152. The Balaban J connectivity index is 1.99. The van der Waals surface area contributed by atoms with Crippen molar-refractivity contribution in [1.82, 2.24) is 9.55 Å². The molecule has 3 rings (SSSR count). The van der Waals surface area contributed by atoms with Crippen LogP contribution in [-0.4, -0.2) is 22.0 Å². The molecule has 3 aromatic rings. The zero-order chi connectivity index (χ0) is 23.3. The molecule has 7 nitrogen and oxygen atoms in total. The fourth-order valence-electron chi connectivity index (χ4n) is 3.74. The van der Waals surface area contributed by atoms with Gasteiger partial charge in [0.15, 0.2) is 5.69 Å². The SMILES string of the molecule is CCCCn1c(N)c(N(CCC(C)C)C(=O)Cc2ccc3ccccc3c2)c(=O)[nH]c1=O. The number of aromatic nitrogens is 2. The molecule has 3 N–H and O–H groups in total. The van der Waals surface area contributed by atoms with Crippen LogP contribution in [-0.2, 0) is 17.8 Å². The number of nitrogens with one attached hydrogen (secondary N) is 1. The summed E-state index contributed by atoms with van der Waals surface area (Å²) in [6.07, 6.45) is 2.46. The van der Waals surface area contributed by atoms with Crippen LogP contribution in [0.1, 0.15) is 45.6 Å². The van der Waals surface area contributed by atoms with Crippen LogP contribution in [0.25, 0.3) is 10.8 Å². The van der Waals surface area contributed by atoms with Gasteiger partial charge >= 0.3 is 5.69 Å². The van der Waals surface area contributed by atoms with Crippen LogP contribution in [0, 0.1) is 5.92 Å². The maximum atomic E-state index is 13.4. The van der Waals surface area contributed by atoms with E-state index in [-0.39, 0.29) is 23.8 Å². The number of nitrogen functional groups attached to an aromatic ring is 1. The van der Waals surface area contributed by atoms with E-state index in [1.165, 1.54) is 9.47 Å². The molecule has 170 valence electrons. The monoisotopic (exact) mass is 436 g/mol. The van der Waals surface area contributed by atoms with Gasteiger partial charge in [-0.2, -0.15) is 0 Å². The summed E-state index contributed by atoms with van der Waals surface area (Å²) in [7, 11) is 0. The minimum absolute atomic E-state index is 0.0443. The van der Waals surface area contributed by atoms with E-state index in [9.17, 15) is 14.4 Å². The molecule has 0 aliphatic rings. The zero-order valence-corrected chi connectivity index (χ0v) is 19.1. The summed E-state index contributed by atoms with van der Waals surface area (Å²) in [4.78, 5) is 42.3. The predicted molar refractivity (Wildman–Crippen MR) is 130 cm³/mol. The molecule has 1 aromatic heterocycles. The van der Waals surface area contributed by atoms with E-state index in [1.54, 1.807) is 0 Å². The van der Waals surface area contributed by atoms with Crippen LogP contribution in [0.15, 0.2) is 52.1 Å². The van der Waals surface area contributed by atoms with Crippen molar-refractivity contribution in [3.05, 3.63) is 68.9 Å². The molecule has 1 heterocycles. The number of carbonyl (C=O) groups excluding carboxylic acids is 1. The van der Waals surface area contributed by atoms with Gasteiger partial charge in [0.2, 0.25) is 5.91 Å². The van der Waals surface area contributed by atoms with Crippen LogP contribution in [0.5, 0.6) is 0 Å². The number of benzene rings is 2. The Morgan fingerprint density at radius 1 is 1.12 bits per heavy atom. The Labute approximate surface area is 187 Å². The van der Waals surface area contributed by atoms with Gasteiger partial charge in [-0.1, -0.05) is 69.7 Å². The quantitative estimate of drug-likeness (QED) is 0.534. The van der Waals surface area contributed by atoms with E-state index in [4.69, 9.17) is 5.73 Å². The number of H-pyrrole nitrogens is 1. The first-order valence-electron chi connectivity index (χ1n) is 11.2. The minimum atomic E-state index is -0.629. The summed E-state index contributed by atoms with van der Waals surface area (Å²) in [6.45, 7) is 6.87. The average Bonchev–Trinajstić information content (AvgIpc) is 2.75. The number of nitrogens with two attached hydrogens (primary N) is 1. The number of nitrogens with zero attached hydrogens (tertiary/aromatic N) is 2. The lowest BCUT2D eigenvalue weighted by Gasteiger charge is -2.25. The van der Waals surface area contributed by atoms with Crippen LogP contribution in [0.2, 0.25) is 0 Å². The van der Waals surface area contributed by atoms with Crippen molar-refractivity contribution < 1.29 is 4.79 Å². The summed E-state index contributed by atoms with van der Waals surface area (Å²) in [6, 6.07) is 13.9. The molecule has 2 aromatic carbocycles. The molecule has 1 amide bonds. The van der Waals surface area contributed by atoms with Crippen molar-refractivity contribution in [2.75, 3.05) is 17.2 Å². The first kappa shape index (κ1) is 23.3. The van der Waals surface area contributed by atoms with Crippen molar-refractivity contribution in [3.8, 4) is 0 Å². The Morgan fingerprint density at radius 2 is 1.84 bits per heavy atom. The largest absolute Gasteiger partial charge is 0.383 e. The highest BCUT2D eigenvalue weighted by Crippen LogP contribution is 2.21. The number of amides is 1. The van der Waals surface area contributed by atoms with Gasteiger partial charge in [-0.25, -0.2) is 4.79 Å². The smallest absolute Gasteiger partial charge is 0.330 e. The second-order valence-electron chi connectivity index (χ2n) is 8.58. The Kier molecular flexibility index (Phi) is 7.51. The number of carbonyl (C=O) groups is 1. The van der Waals surface area contributed by atoms with Gasteiger partial charge in [0.1, 0.15) is 5.82 Å². The number of fused-ring (bicyclic) bond motifs is 1. The lowest BCUT2D eigenvalue weighted by atomic mass is 10.0. The standard InChI is InChI=1S/C25H32N4O3/c1-4-5-13-29-23(26)22(24(31)27-25(29)32)28(14-12-17(2)3)21(30)16-18-10-11-19-8-6-7-9-20(19)15-18/h6-11,15,17H,4-5,12-14,16,26H2,1-3H3,(H,27,31,32). The van der Waals surface area contributed by atoms with Crippen molar-refractivity contribution >= 4 is 28.2 Å². The van der Waals surface area contributed by atoms with Gasteiger partial charge in [-0.05, 0) is 35.1 Å². The topological polar surface area (TPSA) is 101 Å². The van der Waals surface area contributed by atoms with E-state index in [0.717, 1.165) is 29.2 Å². The number of hydrogen-bond donors (Lipinski definition) is 2. The van der Waals surface area contributed by atoms with Crippen molar-refractivity contribution in [2.45, 2.75) is 53.0 Å². The number of rotatable bonds is 9. The van der Waals surface area contributed by atoms with Crippen molar-refractivity contribution in [3.63, 3.8) is 0 Å². The fourth-order valence-corrected chi connectivity index (χ4v) is 3.74. The summed E-state index contributed by atoms with van der Waals surface area (Å²) in [5, 5.41) is 2.15. The van der Waals surface area contributed by atoms with Gasteiger partial charge in [0, 0.05) is 13.1 Å². The highest BCUT2D eigenvalue weighted by Gasteiger charge is 2.24. The lowest BCUT2D eigenvalue weighted by Crippen LogP contribution is -2.42. The van der Waals surface area contributed by atoms with E-state index in [0.29, 0.717) is 25.4 Å². The molecule has 32 heavy (non-hydrogen) atoms. The minimum Gasteiger partial charge on any atom is -0.383 e. The molecule has 0 aliphatic heterocycles. The summed E-state index contributed by atoms with van der Waals surface area (Å²) >= 11 is 0. The number of anilines is 2. The van der Waals surface area contributed by atoms with E-state index in [1.807, 2.05) is 49.4 Å². The Hall–Kier alpha value is -3.35. The third kappa shape index (κ3) is 5.28. The van der Waals surface area contributed by atoms with Crippen LogP contribution < -0.4 is 21.9 Å². The van der Waals surface area contributed by atoms with E-state index in [2.05, 4.69) is 18.8 Å². The summed E-state index contributed by atoms with van der Waals surface area (Å²) < 4.78 is 1.35. The second-order valence-corrected chi connectivity index (χ2v) is 8.58. The zero-order valence-electron chi connectivity index (χ0n) is 19.1. The maximum Gasteiger partial charge on any atom is 0.330 e. The molecule has 7 heteroatoms. The number of unbranched alkanes of at least 4 members (excludes halogenated alkanes) is 1. The molecule has 0 spiro atoms. The molecule has 0 atom stereocenters. The van der Waals surface area contributed by atoms with Crippen LogP contribution in [0.3, 0.4) is 0 Å². The third-order valence-electron chi connectivity index (χ3n) is 5.62. The molecule has 0 saturated heterocycles. The predicted octanol–water partition coefficient (Wildman–Crippen LogP) is 3.69. The van der Waals surface area contributed by atoms with Crippen molar-refractivity contribution in [2.24, 2.45) is 5.92 Å². The molecule has 0 fully saturated rings. The molecule has 0 radical (unpaired) electrons. The van der Waals surface area contributed by atoms with Gasteiger partial charge in [0.25, 0.3) is 5.56 Å². The second kappa shape index (κ2) is 10.3.